The predicted octanol–water partition coefficient (Wildman–Crippen LogP) is 3.15. The summed E-state index contributed by atoms with van der Waals surface area (Å²) < 4.78 is 27.1. The minimum absolute atomic E-state index is 0.0710. The van der Waals surface area contributed by atoms with E-state index in [1.54, 1.807) is 18.2 Å². The number of nitriles is 1. The van der Waals surface area contributed by atoms with E-state index in [2.05, 4.69) is 0 Å². The first-order valence-electron chi connectivity index (χ1n) is 7.00. The molecule has 1 atom stereocenters. The molecular weight excluding hydrogens is 272 g/mol. The zero-order chi connectivity index (χ0) is 15.2. The largest absolute Gasteiger partial charge is 0.244 e. The lowest BCUT2D eigenvalue weighted by atomic mass is 10.2. The molecule has 0 fully saturated rings. The zero-order valence-electron chi connectivity index (χ0n) is 12.3. The minimum Gasteiger partial charge on any atom is -0.207 e. The van der Waals surface area contributed by atoms with Gasteiger partial charge in [-0.1, -0.05) is 32.4 Å². The number of sulfonamides is 1. The third-order valence-electron chi connectivity index (χ3n) is 3.41. The Kier molecular flexibility index (Phi) is 6.18. The molecule has 4 nitrogen and oxygen atoms in total. The van der Waals surface area contributed by atoms with Crippen LogP contribution in [0.4, 0.5) is 0 Å². The first-order valence-corrected chi connectivity index (χ1v) is 8.44. The highest BCUT2D eigenvalue weighted by Crippen LogP contribution is 2.23. The van der Waals surface area contributed by atoms with Gasteiger partial charge in [-0.25, -0.2) is 8.42 Å². The third kappa shape index (κ3) is 3.59. The lowest BCUT2D eigenvalue weighted by molar-refractivity contribution is 0.324. The summed E-state index contributed by atoms with van der Waals surface area (Å²) in [6, 6.07) is 8.28. The second kappa shape index (κ2) is 7.41. The smallest absolute Gasteiger partial charge is 0.207 e. The van der Waals surface area contributed by atoms with Gasteiger partial charge in [0.2, 0.25) is 10.0 Å². The van der Waals surface area contributed by atoms with Gasteiger partial charge < -0.3 is 0 Å². The van der Waals surface area contributed by atoms with Gasteiger partial charge in [0.25, 0.3) is 0 Å². The van der Waals surface area contributed by atoms with Crippen molar-refractivity contribution in [1.29, 1.82) is 5.26 Å². The summed E-state index contributed by atoms with van der Waals surface area (Å²) in [5.74, 6) is 0. The Morgan fingerprint density at radius 3 is 2.50 bits per heavy atom. The fraction of sp³-hybridized carbons (Fsp3) is 0.533. The van der Waals surface area contributed by atoms with Crippen molar-refractivity contribution in [3.05, 3.63) is 29.8 Å². The van der Waals surface area contributed by atoms with E-state index in [9.17, 15) is 8.42 Å². The quantitative estimate of drug-likeness (QED) is 0.776. The summed E-state index contributed by atoms with van der Waals surface area (Å²) >= 11 is 0. The van der Waals surface area contributed by atoms with Crippen molar-refractivity contribution in [2.45, 2.75) is 51.0 Å². The molecule has 0 spiro atoms. The van der Waals surface area contributed by atoms with Crippen LogP contribution < -0.4 is 0 Å². The van der Waals surface area contributed by atoms with E-state index in [0.717, 1.165) is 19.3 Å². The lowest BCUT2D eigenvalue weighted by Gasteiger charge is -2.28. The second-order valence-electron chi connectivity index (χ2n) is 4.83. The molecule has 0 N–H and O–H groups in total. The molecule has 20 heavy (non-hydrogen) atoms. The Morgan fingerprint density at radius 1 is 1.30 bits per heavy atom. The van der Waals surface area contributed by atoms with Crippen LogP contribution in [0.1, 0.15) is 45.6 Å². The van der Waals surface area contributed by atoms with E-state index in [-0.39, 0.29) is 16.5 Å². The summed E-state index contributed by atoms with van der Waals surface area (Å²) in [6.07, 6.45) is 2.50. The van der Waals surface area contributed by atoms with Gasteiger partial charge in [-0.05, 0) is 31.9 Å². The number of benzene rings is 1. The van der Waals surface area contributed by atoms with Gasteiger partial charge in [0, 0.05) is 12.6 Å². The normalized spacial score (nSPS) is 13.2. The van der Waals surface area contributed by atoms with Crippen LogP contribution in [0.15, 0.2) is 29.2 Å². The Morgan fingerprint density at radius 2 is 1.95 bits per heavy atom. The average Bonchev–Trinajstić information content (AvgIpc) is 2.46. The molecule has 0 radical (unpaired) electrons. The summed E-state index contributed by atoms with van der Waals surface area (Å²) in [5, 5.41) is 9.10. The molecule has 0 aliphatic rings. The highest BCUT2D eigenvalue weighted by atomic mass is 32.2. The predicted molar refractivity (Wildman–Crippen MR) is 79.7 cm³/mol. The highest BCUT2D eigenvalue weighted by molar-refractivity contribution is 7.89. The number of nitrogens with zero attached hydrogens (tertiary/aromatic N) is 2. The number of hydrogen-bond acceptors (Lipinski definition) is 3. The molecule has 0 saturated heterocycles. The molecule has 1 aromatic rings. The first-order chi connectivity index (χ1) is 9.48. The van der Waals surface area contributed by atoms with E-state index < -0.39 is 10.0 Å². The van der Waals surface area contributed by atoms with E-state index in [0.29, 0.717) is 6.54 Å². The third-order valence-corrected chi connectivity index (χ3v) is 5.48. The van der Waals surface area contributed by atoms with Crippen molar-refractivity contribution in [2.75, 3.05) is 6.54 Å². The first kappa shape index (κ1) is 16.7. The second-order valence-corrected chi connectivity index (χ2v) is 6.69. The average molecular weight is 294 g/mol. The van der Waals surface area contributed by atoms with Gasteiger partial charge in [-0.3, -0.25) is 0 Å². The van der Waals surface area contributed by atoms with E-state index in [1.165, 1.54) is 10.4 Å². The maximum Gasteiger partial charge on any atom is 0.244 e. The number of rotatable bonds is 7. The van der Waals surface area contributed by atoms with Crippen LogP contribution in [0.5, 0.6) is 0 Å². The van der Waals surface area contributed by atoms with Crippen LogP contribution in [0.25, 0.3) is 0 Å². The lowest BCUT2D eigenvalue weighted by Crippen LogP contribution is -2.39. The fourth-order valence-corrected chi connectivity index (χ4v) is 3.89. The fourth-order valence-electron chi connectivity index (χ4n) is 2.01. The Hall–Kier alpha value is -1.38. The van der Waals surface area contributed by atoms with Crippen LogP contribution in [0.3, 0.4) is 0 Å². The van der Waals surface area contributed by atoms with Gasteiger partial charge in [-0.15, -0.1) is 0 Å². The summed E-state index contributed by atoms with van der Waals surface area (Å²) in [6.45, 7) is 6.40. The van der Waals surface area contributed by atoms with E-state index in [1.807, 2.05) is 26.8 Å². The summed E-state index contributed by atoms with van der Waals surface area (Å²) in [4.78, 5) is 0.110. The molecular formula is C15H22N2O2S. The number of unbranched alkanes of at least 4 members (excludes halogenated alkanes) is 1. The van der Waals surface area contributed by atoms with E-state index in [4.69, 9.17) is 5.26 Å². The van der Waals surface area contributed by atoms with Crippen LogP contribution in [0, 0.1) is 11.3 Å². The minimum atomic E-state index is -3.62. The Balaban J connectivity index is 3.26. The molecule has 110 valence electrons. The van der Waals surface area contributed by atoms with Crippen molar-refractivity contribution in [3.63, 3.8) is 0 Å². The Labute approximate surface area is 122 Å². The van der Waals surface area contributed by atoms with Crippen molar-refractivity contribution < 1.29 is 8.42 Å². The monoisotopic (exact) mass is 294 g/mol. The van der Waals surface area contributed by atoms with Gasteiger partial charge in [-0.2, -0.15) is 9.57 Å². The molecule has 5 heteroatoms. The van der Waals surface area contributed by atoms with Crippen LogP contribution in [-0.4, -0.2) is 25.3 Å². The van der Waals surface area contributed by atoms with Gasteiger partial charge in [0.05, 0.1) is 10.5 Å². The molecule has 0 heterocycles. The van der Waals surface area contributed by atoms with Crippen molar-refractivity contribution in [2.24, 2.45) is 0 Å². The maximum absolute atomic E-state index is 12.8. The van der Waals surface area contributed by atoms with E-state index >= 15 is 0 Å². The van der Waals surface area contributed by atoms with Crippen molar-refractivity contribution >= 4 is 10.0 Å². The number of hydrogen-bond donors (Lipinski definition) is 0. The molecule has 1 unspecified atom stereocenters. The maximum atomic E-state index is 12.8. The molecule has 0 bridgehead atoms. The van der Waals surface area contributed by atoms with Crippen molar-refractivity contribution in [3.8, 4) is 6.07 Å². The van der Waals surface area contributed by atoms with Crippen LogP contribution in [-0.2, 0) is 10.0 Å². The Bertz CT molecular complexity index is 576. The molecule has 1 rings (SSSR count). The van der Waals surface area contributed by atoms with Gasteiger partial charge in [0.1, 0.15) is 6.07 Å². The summed E-state index contributed by atoms with van der Waals surface area (Å²) in [5.41, 5.74) is 0.206. The molecule has 0 aromatic heterocycles. The molecule has 0 aliphatic heterocycles. The van der Waals surface area contributed by atoms with Gasteiger partial charge >= 0.3 is 0 Å². The topological polar surface area (TPSA) is 61.2 Å². The van der Waals surface area contributed by atoms with Crippen LogP contribution in [0.2, 0.25) is 0 Å². The standard InChI is InChI=1S/C15H22N2O2S/c1-4-6-11-17(13(3)5-2)20(18,19)15-10-8-7-9-14(15)12-16/h7-10,13H,4-6,11H2,1-3H3. The molecule has 1 aromatic carbocycles. The SMILES string of the molecule is CCCCN(C(C)CC)S(=O)(=O)c1ccccc1C#N. The summed E-state index contributed by atoms with van der Waals surface area (Å²) in [7, 11) is -3.62. The van der Waals surface area contributed by atoms with Gasteiger partial charge in [0.15, 0.2) is 0 Å². The van der Waals surface area contributed by atoms with Crippen LogP contribution >= 0.6 is 0 Å². The highest BCUT2D eigenvalue weighted by Gasteiger charge is 2.29. The van der Waals surface area contributed by atoms with Crippen molar-refractivity contribution in [1.82, 2.24) is 4.31 Å². The zero-order valence-corrected chi connectivity index (χ0v) is 13.2. The molecule has 0 saturated carbocycles. The molecule has 0 aliphatic carbocycles. The molecule has 0 amide bonds.